The molecule has 1 heterocycles. The molecule has 1 aromatic carbocycles. The normalized spacial score (nSPS) is 27.0. The van der Waals surface area contributed by atoms with Crippen LogP contribution >= 0.6 is 12.4 Å². The maximum atomic E-state index is 12.1. The summed E-state index contributed by atoms with van der Waals surface area (Å²) in [5.41, 5.74) is 0.709. The van der Waals surface area contributed by atoms with Gasteiger partial charge in [-0.25, -0.2) is 0 Å². The molecule has 3 rings (SSSR count). The summed E-state index contributed by atoms with van der Waals surface area (Å²) >= 11 is 0. The zero-order valence-corrected chi connectivity index (χ0v) is 14.4. The minimum Gasteiger partial charge on any atom is -0.488 e. The topological polar surface area (TPSA) is 79.8 Å². The molecule has 3 atom stereocenters. The molecule has 24 heavy (non-hydrogen) atoms. The molecule has 0 radical (unpaired) electrons. The highest BCUT2D eigenvalue weighted by Gasteiger charge is 2.25. The smallest absolute Gasteiger partial charge is 0.254 e. The number of aliphatic hydroxyl groups is 1. The van der Waals surface area contributed by atoms with Crippen molar-refractivity contribution in [3.8, 4) is 5.75 Å². The van der Waals surface area contributed by atoms with Crippen LogP contribution < -0.4 is 15.4 Å². The summed E-state index contributed by atoms with van der Waals surface area (Å²) in [7, 11) is 0. The number of hydrogen-bond acceptors (Lipinski definition) is 5. The molecule has 1 saturated heterocycles. The number of aliphatic hydroxyl groups excluding tert-OH is 1. The van der Waals surface area contributed by atoms with Crippen molar-refractivity contribution in [3.63, 3.8) is 0 Å². The highest BCUT2D eigenvalue weighted by molar-refractivity contribution is 5.94. The number of amides is 1. The second-order valence-corrected chi connectivity index (χ2v) is 6.09. The number of nitrogens with one attached hydrogen (secondary N) is 2. The Kier molecular flexibility index (Phi) is 7.30. The number of carbonyl (C=O) groups is 1. The van der Waals surface area contributed by atoms with E-state index in [9.17, 15) is 9.90 Å². The molecule has 0 bridgehead atoms. The molecule has 1 amide bonds. The monoisotopic (exact) mass is 356 g/mol. The van der Waals surface area contributed by atoms with Gasteiger partial charge in [0.05, 0.1) is 12.7 Å². The molecule has 134 valence electrons. The Labute approximate surface area is 148 Å². The van der Waals surface area contributed by atoms with E-state index in [4.69, 9.17) is 9.47 Å². The summed E-state index contributed by atoms with van der Waals surface area (Å²) in [5.74, 6) is 0.568. The highest BCUT2D eigenvalue weighted by Crippen LogP contribution is 2.25. The number of anilines is 1. The molecule has 6 nitrogen and oxygen atoms in total. The van der Waals surface area contributed by atoms with Gasteiger partial charge in [-0.2, -0.15) is 0 Å². The van der Waals surface area contributed by atoms with E-state index in [2.05, 4.69) is 10.6 Å². The molecule has 0 aromatic heterocycles. The lowest BCUT2D eigenvalue weighted by Gasteiger charge is -2.28. The molecule has 2 aliphatic rings. The summed E-state index contributed by atoms with van der Waals surface area (Å²) in [6.07, 6.45) is 2.86. The number of halogens is 1. The minimum atomic E-state index is -0.447. The molecule has 7 heteroatoms. The Morgan fingerprint density at radius 1 is 1.25 bits per heavy atom. The first kappa shape index (κ1) is 19.0. The SMILES string of the molecule is Cl.O=C(Nc1ccc(OC2CCCCC2O)cc1)C1CNCCO1. The Bertz CT molecular complexity index is 520. The van der Waals surface area contributed by atoms with Gasteiger partial charge in [0.15, 0.2) is 0 Å². The maximum Gasteiger partial charge on any atom is 0.254 e. The highest BCUT2D eigenvalue weighted by atomic mass is 35.5. The number of carbonyl (C=O) groups excluding carboxylic acids is 1. The summed E-state index contributed by atoms with van der Waals surface area (Å²) in [5, 5.41) is 15.9. The summed E-state index contributed by atoms with van der Waals surface area (Å²) in [6.45, 7) is 1.87. The van der Waals surface area contributed by atoms with Gasteiger partial charge in [-0.1, -0.05) is 6.42 Å². The van der Waals surface area contributed by atoms with Crippen molar-refractivity contribution in [2.24, 2.45) is 0 Å². The van der Waals surface area contributed by atoms with E-state index in [0.29, 0.717) is 24.6 Å². The Balaban J connectivity index is 0.00000208. The second kappa shape index (κ2) is 9.22. The van der Waals surface area contributed by atoms with Gasteiger partial charge >= 0.3 is 0 Å². The molecule has 1 saturated carbocycles. The van der Waals surface area contributed by atoms with Gasteiger partial charge < -0.3 is 25.2 Å². The van der Waals surface area contributed by atoms with Crippen molar-refractivity contribution in [2.45, 2.75) is 44.0 Å². The van der Waals surface area contributed by atoms with Crippen LogP contribution in [0.25, 0.3) is 0 Å². The molecule has 1 aliphatic carbocycles. The minimum absolute atomic E-state index is 0. The van der Waals surface area contributed by atoms with Crippen LogP contribution in [0.5, 0.6) is 5.75 Å². The van der Waals surface area contributed by atoms with Crippen molar-refractivity contribution >= 4 is 24.0 Å². The van der Waals surface area contributed by atoms with Gasteiger partial charge in [-0.15, -0.1) is 12.4 Å². The van der Waals surface area contributed by atoms with Crippen LogP contribution in [0.3, 0.4) is 0 Å². The number of morpholine rings is 1. The van der Waals surface area contributed by atoms with E-state index in [1.807, 2.05) is 12.1 Å². The van der Waals surface area contributed by atoms with Crippen LogP contribution in [-0.4, -0.2) is 49.0 Å². The van der Waals surface area contributed by atoms with E-state index in [-0.39, 0.29) is 30.5 Å². The van der Waals surface area contributed by atoms with Crippen molar-refractivity contribution in [1.29, 1.82) is 0 Å². The largest absolute Gasteiger partial charge is 0.488 e. The van der Waals surface area contributed by atoms with Crippen LogP contribution in [0.4, 0.5) is 5.69 Å². The van der Waals surface area contributed by atoms with Crippen LogP contribution in [0, 0.1) is 0 Å². The third kappa shape index (κ3) is 5.08. The fraction of sp³-hybridized carbons (Fsp3) is 0.588. The lowest BCUT2D eigenvalue weighted by molar-refractivity contribution is -0.128. The Hall–Kier alpha value is -1.34. The van der Waals surface area contributed by atoms with Crippen LogP contribution in [0.2, 0.25) is 0 Å². The van der Waals surface area contributed by atoms with Crippen LogP contribution in [0.1, 0.15) is 25.7 Å². The zero-order chi connectivity index (χ0) is 16.1. The van der Waals surface area contributed by atoms with Crippen molar-refractivity contribution in [3.05, 3.63) is 24.3 Å². The number of hydrogen-bond donors (Lipinski definition) is 3. The molecule has 1 aliphatic heterocycles. The molecule has 1 aromatic rings. The third-order valence-corrected chi connectivity index (χ3v) is 4.30. The van der Waals surface area contributed by atoms with E-state index in [1.54, 1.807) is 12.1 Å². The van der Waals surface area contributed by atoms with Crippen LogP contribution in [-0.2, 0) is 9.53 Å². The first-order valence-electron chi connectivity index (χ1n) is 8.30. The third-order valence-electron chi connectivity index (χ3n) is 4.30. The first-order valence-corrected chi connectivity index (χ1v) is 8.30. The van der Waals surface area contributed by atoms with Gasteiger partial charge in [0.1, 0.15) is 18.0 Å². The van der Waals surface area contributed by atoms with E-state index >= 15 is 0 Å². The van der Waals surface area contributed by atoms with Crippen molar-refractivity contribution in [2.75, 3.05) is 25.0 Å². The molecule has 3 unspecified atom stereocenters. The van der Waals surface area contributed by atoms with E-state index < -0.39 is 6.10 Å². The number of ether oxygens (including phenoxy) is 2. The first-order chi connectivity index (χ1) is 11.2. The molecular formula is C17H25ClN2O4. The van der Waals surface area contributed by atoms with Crippen molar-refractivity contribution in [1.82, 2.24) is 5.32 Å². The second-order valence-electron chi connectivity index (χ2n) is 6.09. The number of benzene rings is 1. The van der Waals surface area contributed by atoms with E-state index in [1.165, 1.54) is 0 Å². The summed E-state index contributed by atoms with van der Waals surface area (Å²) in [4.78, 5) is 12.1. The average Bonchev–Trinajstić information content (AvgIpc) is 2.59. The van der Waals surface area contributed by atoms with Crippen molar-refractivity contribution < 1.29 is 19.4 Å². The maximum absolute atomic E-state index is 12.1. The lowest BCUT2D eigenvalue weighted by Crippen LogP contribution is -2.45. The van der Waals surface area contributed by atoms with Gasteiger partial charge in [-0.3, -0.25) is 4.79 Å². The Morgan fingerprint density at radius 2 is 2.00 bits per heavy atom. The standard InChI is InChI=1S/C17H24N2O4.ClH/c20-14-3-1-2-4-15(14)23-13-7-5-12(6-8-13)19-17(21)16-11-18-9-10-22-16;/h5-8,14-16,18,20H,1-4,9-11H2,(H,19,21);1H. The fourth-order valence-corrected chi connectivity index (χ4v) is 2.96. The summed E-state index contributed by atoms with van der Waals surface area (Å²) < 4.78 is 11.3. The fourth-order valence-electron chi connectivity index (χ4n) is 2.96. The molecular weight excluding hydrogens is 332 g/mol. The van der Waals surface area contributed by atoms with Gasteiger partial charge in [0, 0.05) is 18.8 Å². The zero-order valence-electron chi connectivity index (χ0n) is 13.6. The predicted octanol–water partition coefficient (Wildman–Crippen LogP) is 1.72. The van der Waals surface area contributed by atoms with Crippen LogP contribution in [0.15, 0.2) is 24.3 Å². The average molecular weight is 357 g/mol. The van der Waals surface area contributed by atoms with Gasteiger partial charge in [0.2, 0.25) is 0 Å². The molecule has 2 fully saturated rings. The lowest BCUT2D eigenvalue weighted by atomic mass is 9.95. The van der Waals surface area contributed by atoms with E-state index in [0.717, 1.165) is 32.2 Å². The van der Waals surface area contributed by atoms with Gasteiger partial charge in [-0.05, 0) is 43.5 Å². The molecule has 3 N–H and O–H groups in total. The Morgan fingerprint density at radius 3 is 2.67 bits per heavy atom. The summed E-state index contributed by atoms with van der Waals surface area (Å²) in [6, 6.07) is 7.24. The number of rotatable bonds is 4. The quantitative estimate of drug-likeness (QED) is 0.765. The predicted molar refractivity (Wildman–Crippen MR) is 93.8 cm³/mol. The van der Waals surface area contributed by atoms with Gasteiger partial charge in [0.25, 0.3) is 5.91 Å². The molecule has 0 spiro atoms.